The Kier molecular flexibility index (Phi) is 5.03. The second-order valence-corrected chi connectivity index (χ2v) is 5.25. The molecule has 0 radical (unpaired) electrons. The summed E-state index contributed by atoms with van der Waals surface area (Å²) in [6, 6.07) is 3.76. The van der Waals surface area contributed by atoms with Gasteiger partial charge in [-0.25, -0.2) is 0 Å². The molecule has 1 aromatic carbocycles. The summed E-state index contributed by atoms with van der Waals surface area (Å²) in [6.45, 7) is 7.79. The van der Waals surface area contributed by atoms with E-state index >= 15 is 0 Å². The lowest BCUT2D eigenvalue weighted by molar-refractivity contribution is -0.142. The highest BCUT2D eigenvalue weighted by atomic mass is 35.5. The second-order valence-electron chi connectivity index (χ2n) is 4.84. The zero-order chi connectivity index (χ0) is 13.9. The average molecular weight is 271 g/mol. The maximum atomic E-state index is 10.8. The highest BCUT2D eigenvalue weighted by molar-refractivity contribution is 6.31. The zero-order valence-corrected chi connectivity index (χ0v) is 11.9. The van der Waals surface area contributed by atoms with E-state index in [4.69, 9.17) is 21.4 Å². The molecule has 0 bridgehead atoms. The lowest BCUT2D eigenvalue weighted by atomic mass is 10.0. The molecular weight excluding hydrogens is 252 g/mol. The van der Waals surface area contributed by atoms with Crippen LogP contribution in [0.4, 0.5) is 0 Å². The number of benzene rings is 1. The lowest BCUT2D eigenvalue weighted by Crippen LogP contribution is -2.18. The van der Waals surface area contributed by atoms with Crippen molar-refractivity contribution in [3.05, 3.63) is 28.3 Å². The zero-order valence-electron chi connectivity index (χ0n) is 11.2. The lowest BCUT2D eigenvalue weighted by Gasteiger charge is -2.17. The number of rotatable bonds is 5. The van der Waals surface area contributed by atoms with Crippen LogP contribution in [-0.2, 0) is 4.79 Å². The summed E-state index contributed by atoms with van der Waals surface area (Å²) in [6.07, 6.45) is 0. The van der Waals surface area contributed by atoms with Gasteiger partial charge in [-0.1, -0.05) is 25.4 Å². The number of halogens is 1. The van der Waals surface area contributed by atoms with Crippen LogP contribution in [0.2, 0.25) is 5.02 Å². The summed E-state index contributed by atoms with van der Waals surface area (Å²) >= 11 is 6.09. The van der Waals surface area contributed by atoms with Gasteiger partial charge in [-0.2, -0.15) is 0 Å². The van der Waals surface area contributed by atoms with E-state index in [-0.39, 0.29) is 12.5 Å². The molecule has 0 saturated carbocycles. The Morgan fingerprint density at radius 3 is 2.50 bits per heavy atom. The molecule has 0 aliphatic carbocycles. The first-order chi connectivity index (χ1) is 8.32. The molecule has 3 nitrogen and oxygen atoms in total. The Morgan fingerprint density at radius 2 is 2.00 bits per heavy atom. The quantitative estimate of drug-likeness (QED) is 0.883. The van der Waals surface area contributed by atoms with Gasteiger partial charge in [0.05, 0.1) is 5.92 Å². The maximum Gasteiger partial charge on any atom is 0.309 e. The van der Waals surface area contributed by atoms with E-state index in [1.165, 1.54) is 0 Å². The number of hydrogen-bond acceptors (Lipinski definition) is 2. The SMILES string of the molecule is Cc1cc(OCC(C)C(=O)O)c(C(C)C)cc1Cl. The predicted octanol–water partition coefficient (Wildman–Crippen LogP) is 3.87. The normalized spacial score (nSPS) is 12.6. The van der Waals surface area contributed by atoms with Gasteiger partial charge >= 0.3 is 5.97 Å². The molecule has 1 aromatic rings. The van der Waals surface area contributed by atoms with E-state index in [1.54, 1.807) is 6.92 Å². The number of ether oxygens (including phenoxy) is 1. The third-order valence-corrected chi connectivity index (χ3v) is 3.23. The molecule has 0 fully saturated rings. The third kappa shape index (κ3) is 3.64. The predicted molar refractivity (Wildman–Crippen MR) is 72.6 cm³/mol. The fourth-order valence-corrected chi connectivity index (χ4v) is 1.70. The van der Waals surface area contributed by atoms with Gasteiger partial charge in [0, 0.05) is 5.02 Å². The first kappa shape index (κ1) is 14.8. The molecule has 0 aromatic heterocycles. The van der Waals surface area contributed by atoms with Crippen molar-refractivity contribution in [1.82, 2.24) is 0 Å². The van der Waals surface area contributed by atoms with Gasteiger partial charge in [-0.15, -0.1) is 0 Å². The van der Waals surface area contributed by atoms with Crippen LogP contribution in [0.1, 0.15) is 37.8 Å². The van der Waals surface area contributed by atoms with Gasteiger partial charge in [0.25, 0.3) is 0 Å². The monoisotopic (exact) mass is 270 g/mol. The van der Waals surface area contributed by atoms with E-state index in [0.717, 1.165) is 16.9 Å². The largest absolute Gasteiger partial charge is 0.492 e. The minimum Gasteiger partial charge on any atom is -0.492 e. The van der Waals surface area contributed by atoms with Crippen molar-refractivity contribution in [2.45, 2.75) is 33.6 Å². The summed E-state index contributed by atoms with van der Waals surface area (Å²) in [5, 5.41) is 9.54. The van der Waals surface area contributed by atoms with Crippen LogP contribution in [0, 0.1) is 12.8 Å². The van der Waals surface area contributed by atoms with Gasteiger partial charge < -0.3 is 9.84 Å². The van der Waals surface area contributed by atoms with Crippen molar-refractivity contribution in [3.8, 4) is 5.75 Å². The van der Waals surface area contributed by atoms with Crippen LogP contribution in [0.15, 0.2) is 12.1 Å². The fraction of sp³-hybridized carbons (Fsp3) is 0.500. The van der Waals surface area contributed by atoms with E-state index in [0.29, 0.717) is 5.02 Å². The van der Waals surface area contributed by atoms with Crippen molar-refractivity contribution in [1.29, 1.82) is 0 Å². The Balaban J connectivity index is 2.93. The van der Waals surface area contributed by atoms with Gasteiger partial charge in [-0.05, 0) is 43.0 Å². The molecule has 0 aliphatic rings. The van der Waals surface area contributed by atoms with Crippen molar-refractivity contribution >= 4 is 17.6 Å². The van der Waals surface area contributed by atoms with Gasteiger partial charge in [-0.3, -0.25) is 4.79 Å². The summed E-state index contributed by atoms with van der Waals surface area (Å²) in [5.74, 6) is -0.383. The topological polar surface area (TPSA) is 46.5 Å². The van der Waals surface area contributed by atoms with Crippen molar-refractivity contribution in [3.63, 3.8) is 0 Å². The third-order valence-electron chi connectivity index (χ3n) is 2.82. The Hall–Kier alpha value is -1.22. The van der Waals surface area contributed by atoms with Crippen LogP contribution in [0.25, 0.3) is 0 Å². The number of carboxylic acids is 1. The second kappa shape index (κ2) is 6.10. The molecule has 100 valence electrons. The minimum atomic E-state index is -0.855. The van der Waals surface area contributed by atoms with Crippen molar-refractivity contribution in [2.24, 2.45) is 5.92 Å². The average Bonchev–Trinajstić information content (AvgIpc) is 2.29. The van der Waals surface area contributed by atoms with Crippen LogP contribution in [0.3, 0.4) is 0 Å². The van der Waals surface area contributed by atoms with Crippen LogP contribution in [-0.4, -0.2) is 17.7 Å². The molecule has 0 spiro atoms. The molecule has 1 atom stereocenters. The fourth-order valence-electron chi connectivity index (χ4n) is 1.53. The van der Waals surface area contributed by atoms with Gasteiger partial charge in [0.2, 0.25) is 0 Å². The summed E-state index contributed by atoms with van der Waals surface area (Å²) in [4.78, 5) is 10.8. The molecule has 0 amide bonds. The maximum absolute atomic E-state index is 10.8. The summed E-state index contributed by atoms with van der Waals surface area (Å²) < 4.78 is 5.62. The molecular formula is C14H19ClO3. The molecule has 0 heterocycles. The summed E-state index contributed by atoms with van der Waals surface area (Å²) in [7, 11) is 0. The molecule has 0 saturated heterocycles. The van der Waals surface area contributed by atoms with E-state index in [1.807, 2.05) is 19.1 Å². The number of carbonyl (C=O) groups is 1. The molecule has 1 N–H and O–H groups in total. The van der Waals surface area contributed by atoms with Crippen molar-refractivity contribution < 1.29 is 14.6 Å². The number of carboxylic acid groups (broad SMARTS) is 1. The van der Waals surface area contributed by atoms with E-state index < -0.39 is 11.9 Å². The van der Waals surface area contributed by atoms with Crippen LogP contribution < -0.4 is 4.74 Å². The first-order valence-corrected chi connectivity index (χ1v) is 6.36. The highest BCUT2D eigenvalue weighted by Crippen LogP contribution is 2.32. The van der Waals surface area contributed by atoms with Gasteiger partial charge in [0.15, 0.2) is 0 Å². The molecule has 1 unspecified atom stereocenters. The Labute approximate surface area is 113 Å². The molecule has 4 heteroatoms. The number of aryl methyl sites for hydroxylation is 1. The smallest absolute Gasteiger partial charge is 0.309 e. The van der Waals surface area contributed by atoms with E-state index in [9.17, 15) is 4.79 Å². The molecule has 1 rings (SSSR count). The number of aliphatic carboxylic acids is 1. The summed E-state index contributed by atoms with van der Waals surface area (Å²) in [5.41, 5.74) is 1.93. The van der Waals surface area contributed by atoms with Gasteiger partial charge in [0.1, 0.15) is 12.4 Å². The molecule has 18 heavy (non-hydrogen) atoms. The first-order valence-electron chi connectivity index (χ1n) is 5.98. The highest BCUT2D eigenvalue weighted by Gasteiger charge is 2.15. The van der Waals surface area contributed by atoms with Crippen LogP contribution in [0.5, 0.6) is 5.75 Å². The Morgan fingerprint density at radius 1 is 1.39 bits per heavy atom. The van der Waals surface area contributed by atoms with E-state index in [2.05, 4.69) is 13.8 Å². The standard InChI is InChI=1S/C14H19ClO3/c1-8(2)11-6-12(15)9(3)5-13(11)18-7-10(4)14(16)17/h5-6,8,10H,7H2,1-4H3,(H,16,17). The minimum absolute atomic E-state index is 0.163. The Bertz CT molecular complexity index is 441. The van der Waals surface area contributed by atoms with Crippen molar-refractivity contribution in [2.75, 3.05) is 6.61 Å². The molecule has 0 aliphatic heterocycles. The number of hydrogen-bond donors (Lipinski definition) is 1. The van der Waals surface area contributed by atoms with Crippen LogP contribution >= 0.6 is 11.6 Å².